The Bertz CT molecular complexity index is 893. The summed E-state index contributed by atoms with van der Waals surface area (Å²) in [6.45, 7) is 2.74. The maximum atomic E-state index is 11.4. The summed E-state index contributed by atoms with van der Waals surface area (Å²) in [4.78, 5) is 11.4. The van der Waals surface area contributed by atoms with Crippen LogP contribution in [0.3, 0.4) is 0 Å². The summed E-state index contributed by atoms with van der Waals surface area (Å²) in [5, 5.41) is 15.6. The van der Waals surface area contributed by atoms with E-state index < -0.39 is 0 Å². The first-order valence-corrected chi connectivity index (χ1v) is 8.47. The van der Waals surface area contributed by atoms with Crippen LogP contribution in [0.4, 0.5) is 0 Å². The van der Waals surface area contributed by atoms with Crippen molar-refractivity contribution in [3.63, 3.8) is 0 Å². The highest BCUT2D eigenvalue weighted by molar-refractivity contribution is 5.75. The fourth-order valence-corrected chi connectivity index (χ4v) is 2.45. The molecule has 0 radical (unpaired) electrons. The van der Waals surface area contributed by atoms with E-state index in [1.807, 2.05) is 31.2 Å². The zero-order valence-electron chi connectivity index (χ0n) is 14.8. The van der Waals surface area contributed by atoms with E-state index in [0.29, 0.717) is 36.9 Å². The van der Waals surface area contributed by atoms with Gasteiger partial charge in [0.1, 0.15) is 12.4 Å². The minimum absolute atomic E-state index is 0.0265. The van der Waals surface area contributed by atoms with Gasteiger partial charge in [0.05, 0.1) is 13.7 Å². The van der Waals surface area contributed by atoms with E-state index in [9.17, 15) is 4.79 Å². The van der Waals surface area contributed by atoms with Gasteiger partial charge in [0.2, 0.25) is 11.8 Å². The van der Waals surface area contributed by atoms with Crippen molar-refractivity contribution >= 4 is 11.6 Å². The molecular formula is C18H21N5O3. The molecule has 0 aliphatic carbocycles. The van der Waals surface area contributed by atoms with Crippen molar-refractivity contribution in [3.05, 3.63) is 36.4 Å². The van der Waals surface area contributed by atoms with Gasteiger partial charge in [-0.15, -0.1) is 15.3 Å². The van der Waals surface area contributed by atoms with Gasteiger partial charge in [-0.05, 0) is 24.6 Å². The molecule has 0 unspecified atom stereocenters. The largest absolute Gasteiger partial charge is 0.497 e. The third-order valence-corrected chi connectivity index (χ3v) is 3.72. The summed E-state index contributed by atoms with van der Waals surface area (Å²) in [5.74, 6) is 1.79. The van der Waals surface area contributed by atoms with Crippen LogP contribution < -0.4 is 14.8 Å². The molecule has 0 saturated carbocycles. The highest BCUT2D eigenvalue weighted by Crippen LogP contribution is 2.23. The molecule has 0 saturated heterocycles. The Hall–Kier alpha value is -3.16. The number of fused-ring (bicyclic) bond motifs is 1. The number of nitrogens with one attached hydrogen (secondary N) is 1. The summed E-state index contributed by atoms with van der Waals surface area (Å²) in [6.07, 6.45) is 1.35. The third kappa shape index (κ3) is 4.08. The number of methoxy groups -OCH3 is 1. The van der Waals surface area contributed by atoms with Crippen LogP contribution in [0.15, 0.2) is 36.4 Å². The number of carbonyl (C=O) groups is 1. The Morgan fingerprint density at radius 3 is 2.92 bits per heavy atom. The predicted octanol–water partition coefficient (Wildman–Crippen LogP) is 2.09. The van der Waals surface area contributed by atoms with Crippen molar-refractivity contribution in [1.29, 1.82) is 0 Å². The van der Waals surface area contributed by atoms with Crippen molar-refractivity contribution < 1.29 is 14.3 Å². The summed E-state index contributed by atoms with van der Waals surface area (Å²) in [5.41, 5.74) is 1.46. The molecule has 136 valence electrons. The number of aromatic nitrogens is 4. The lowest BCUT2D eigenvalue weighted by Crippen LogP contribution is -2.27. The van der Waals surface area contributed by atoms with E-state index in [4.69, 9.17) is 9.47 Å². The van der Waals surface area contributed by atoms with Gasteiger partial charge in [0.25, 0.3) is 0 Å². The monoisotopic (exact) mass is 355 g/mol. The number of ether oxygens (including phenoxy) is 2. The Kier molecular flexibility index (Phi) is 5.62. The molecule has 0 spiro atoms. The number of hydrogen-bond acceptors (Lipinski definition) is 6. The number of benzene rings is 1. The molecule has 0 fully saturated rings. The minimum Gasteiger partial charge on any atom is -0.497 e. The first-order chi connectivity index (χ1) is 12.7. The second kappa shape index (κ2) is 8.28. The van der Waals surface area contributed by atoms with E-state index in [1.54, 1.807) is 23.8 Å². The van der Waals surface area contributed by atoms with Gasteiger partial charge >= 0.3 is 0 Å². The molecule has 3 rings (SSSR count). The molecule has 1 N–H and O–H groups in total. The standard InChI is InChI=1S/C18H21N5O3/c1-3-5-16(24)19-10-11-26-17-9-8-15-20-21-18(23(15)22-17)13-6-4-7-14(12-13)25-2/h4,6-9,12H,3,5,10-11H2,1-2H3,(H,19,24). The van der Waals surface area contributed by atoms with E-state index in [2.05, 4.69) is 20.6 Å². The van der Waals surface area contributed by atoms with Crippen LogP contribution in [0.1, 0.15) is 19.8 Å². The maximum Gasteiger partial charge on any atom is 0.231 e. The fraction of sp³-hybridized carbons (Fsp3) is 0.333. The van der Waals surface area contributed by atoms with Crippen molar-refractivity contribution in [3.8, 4) is 23.0 Å². The summed E-state index contributed by atoms with van der Waals surface area (Å²) < 4.78 is 12.5. The molecule has 2 aromatic heterocycles. The molecular weight excluding hydrogens is 334 g/mol. The van der Waals surface area contributed by atoms with Gasteiger partial charge in [0.15, 0.2) is 11.5 Å². The van der Waals surface area contributed by atoms with E-state index >= 15 is 0 Å². The smallest absolute Gasteiger partial charge is 0.231 e. The van der Waals surface area contributed by atoms with E-state index in [1.165, 1.54) is 0 Å². The van der Waals surface area contributed by atoms with Gasteiger partial charge < -0.3 is 14.8 Å². The van der Waals surface area contributed by atoms with Crippen LogP contribution in [-0.4, -0.2) is 46.0 Å². The van der Waals surface area contributed by atoms with Crippen LogP contribution in [0.2, 0.25) is 0 Å². The molecule has 2 heterocycles. The van der Waals surface area contributed by atoms with Crippen LogP contribution in [0.5, 0.6) is 11.6 Å². The van der Waals surface area contributed by atoms with Gasteiger partial charge in [0, 0.05) is 18.1 Å². The summed E-state index contributed by atoms with van der Waals surface area (Å²) in [6, 6.07) is 11.0. The molecule has 1 amide bonds. The first-order valence-electron chi connectivity index (χ1n) is 8.47. The third-order valence-electron chi connectivity index (χ3n) is 3.72. The molecule has 26 heavy (non-hydrogen) atoms. The molecule has 8 nitrogen and oxygen atoms in total. The summed E-state index contributed by atoms with van der Waals surface area (Å²) in [7, 11) is 1.62. The second-order valence-electron chi connectivity index (χ2n) is 5.65. The second-order valence-corrected chi connectivity index (χ2v) is 5.65. The average Bonchev–Trinajstić information content (AvgIpc) is 3.09. The van der Waals surface area contributed by atoms with Crippen molar-refractivity contribution in [2.45, 2.75) is 19.8 Å². The molecule has 0 aliphatic heterocycles. The quantitative estimate of drug-likeness (QED) is 0.622. The number of amides is 1. The Morgan fingerprint density at radius 1 is 1.23 bits per heavy atom. The van der Waals surface area contributed by atoms with Gasteiger partial charge in [-0.2, -0.15) is 4.52 Å². The van der Waals surface area contributed by atoms with E-state index in [0.717, 1.165) is 17.7 Å². The SMILES string of the molecule is CCCC(=O)NCCOc1ccc2nnc(-c3cccc(OC)c3)n2n1. The van der Waals surface area contributed by atoms with E-state index in [-0.39, 0.29) is 5.91 Å². The molecule has 8 heteroatoms. The zero-order chi connectivity index (χ0) is 18.4. The molecule has 0 atom stereocenters. The van der Waals surface area contributed by atoms with Crippen LogP contribution in [0, 0.1) is 0 Å². The number of nitrogens with zero attached hydrogens (tertiary/aromatic N) is 4. The Balaban J connectivity index is 1.72. The van der Waals surface area contributed by atoms with Gasteiger partial charge in [-0.3, -0.25) is 4.79 Å². The van der Waals surface area contributed by atoms with Crippen LogP contribution in [0.25, 0.3) is 17.0 Å². The predicted molar refractivity (Wildman–Crippen MR) is 96.2 cm³/mol. The highest BCUT2D eigenvalue weighted by Gasteiger charge is 2.11. The summed E-state index contributed by atoms with van der Waals surface area (Å²) >= 11 is 0. The van der Waals surface area contributed by atoms with Crippen LogP contribution in [-0.2, 0) is 4.79 Å². The highest BCUT2D eigenvalue weighted by atomic mass is 16.5. The molecule has 0 aliphatic rings. The Labute approximate surface area is 151 Å². The maximum absolute atomic E-state index is 11.4. The molecule has 3 aromatic rings. The van der Waals surface area contributed by atoms with Crippen molar-refractivity contribution in [2.75, 3.05) is 20.3 Å². The lowest BCUT2D eigenvalue weighted by Gasteiger charge is -2.07. The lowest BCUT2D eigenvalue weighted by atomic mass is 10.2. The van der Waals surface area contributed by atoms with Gasteiger partial charge in [-0.25, -0.2) is 0 Å². The zero-order valence-corrected chi connectivity index (χ0v) is 14.8. The first kappa shape index (κ1) is 17.7. The van der Waals surface area contributed by atoms with Crippen molar-refractivity contribution in [2.24, 2.45) is 0 Å². The molecule has 0 bridgehead atoms. The topological polar surface area (TPSA) is 90.6 Å². The average molecular weight is 355 g/mol. The number of carbonyl (C=O) groups excluding carboxylic acids is 1. The number of rotatable bonds is 8. The number of hydrogen-bond donors (Lipinski definition) is 1. The molecule has 1 aromatic carbocycles. The lowest BCUT2D eigenvalue weighted by molar-refractivity contribution is -0.121. The minimum atomic E-state index is 0.0265. The Morgan fingerprint density at radius 2 is 2.12 bits per heavy atom. The van der Waals surface area contributed by atoms with Crippen molar-refractivity contribution in [1.82, 2.24) is 25.1 Å². The van der Waals surface area contributed by atoms with Gasteiger partial charge in [-0.1, -0.05) is 19.1 Å². The van der Waals surface area contributed by atoms with Crippen LogP contribution >= 0.6 is 0 Å². The normalized spacial score (nSPS) is 10.7. The fourth-order valence-electron chi connectivity index (χ4n) is 2.45.